The normalized spacial score (nSPS) is 12.9. The van der Waals surface area contributed by atoms with Gasteiger partial charge in [0.15, 0.2) is 0 Å². The topological polar surface area (TPSA) is 17.3 Å². The van der Waals surface area contributed by atoms with Crippen LogP contribution in [0.5, 0.6) is 0 Å². The first-order chi connectivity index (χ1) is 29.1. The van der Waals surface area contributed by atoms with Gasteiger partial charge >= 0.3 is 214 Å². The molecule has 0 saturated carbocycles. The molecule has 1 atom stereocenters. The first kappa shape index (κ1) is 34.4. The van der Waals surface area contributed by atoms with Crippen LogP contribution in [0.15, 0.2) is 212 Å². The van der Waals surface area contributed by atoms with Crippen LogP contribution in [0.3, 0.4) is 0 Å². The van der Waals surface area contributed by atoms with E-state index in [0.29, 0.717) is 0 Å². The van der Waals surface area contributed by atoms with Crippen molar-refractivity contribution in [1.82, 2.24) is 9.38 Å². The maximum absolute atomic E-state index is 5.24. The molecule has 59 heavy (non-hydrogen) atoms. The van der Waals surface area contributed by atoms with Crippen molar-refractivity contribution in [3.63, 3.8) is 0 Å². The Morgan fingerprint density at radius 3 is 1.75 bits per heavy atom. The number of para-hydroxylation sites is 2. The standard InChI is InChI=1S/C55H35N2PSe/c59-58(45-13-2-1-3-14-45,47-30-26-36-10-4-5-12-41(36)33-47)46-28-24-38(25-29-46)37-18-20-39(21-19-37)42-22-23-43-34-50-49-31-27-40-11-6-7-15-48(40)54(49)55-56-51-16-8-9-17-52(51)57(55)53(50)35-44(43)32-42/h1-35H. The number of nitrogens with zero attached hydrogens (tertiary/aromatic N) is 2. The van der Waals surface area contributed by atoms with E-state index in [9.17, 15) is 0 Å². The van der Waals surface area contributed by atoms with Crippen LogP contribution >= 0.6 is 5.51 Å². The molecule has 0 aliphatic heterocycles. The summed E-state index contributed by atoms with van der Waals surface area (Å²) in [5.41, 5.74) is 7.12. The zero-order valence-electron chi connectivity index (χ0n) is 32.0. The first-order valence-corrected chi connectivity index (χ1v) is 24.1. The quantitative estimate of drug-likeness (QED) is 0.0731. The van der Waals surface area contributed by atoms with Crippen molar-refractivity contribution < 1.29 is 0 Å². The molecular weight excluding hydrogens is 799 g/mol. The number of hydrogen-bond acceptors (Lipinski definition) is 1. The Hall–Kier alpha value is -6.60. The SMILES string of the molecule is [Se]=P(c1ccccc1)(c1ccc(-c2ccc(-c3ccc4cc5c6ccc7ccccc7c6c6nc7ccccc7n6c5cc4c3)cc2)cc1)c1ccc2ccccc2c1. The average Bonchev–Trinajstić information content (AvgIpc) is 3.70. The third-order valence-corrected chi connectivity index (χ3v) is 19.2. The summed E-state index contributed by atoms with van der Waals surface area (Å²) < 4.78 is 2.37. The van der Waals surface area contributed by atoms with E-state index < -0.39 is 5.51 Å². The number of benzene rings is 10. The second-order valence-electron chi connectivity index (χ2n) is 15.5. The Kier molecular flexibility index (Phi) is 7.87. The van der Waals surface area contributed by atoms with Crippen molar-refractivity contribution in [1.29, 1.82) is 0 Å². The zero-order valence-corrected chi connectivity index (χ0v) is 34.6. The van der Waals surface area contributed by atoms with Crippen LogP contribution in [-0.4, -0.2) is 24.5 Å². The molecule has 0 radical (unpaired) electrons. The van der Waals surface area contributed by atoms with Gasteiger partial charge in [-0.25, -0.2) is 4.98 Å². The Morgan fingerprint density at radius 1 is 0.356 bits per heavy atom. The Balaban J connectivity index is 0.924. The number of hydrogen-bond donors (Lipinski definition) is 0. The second-order valence-corrected chi connectivity index (χ2v) is 21.7. The van der Waals surface area contributed by atoms with Crippen LogP contribution in [0.2, 0.25) is 0 Å². The van der Waals surface area contributed by atoms with Crippen LogP contribution < -0.4 is 15.9 Å². The van der Waals surface area contributed by atoms with Crippen LogP contribution in [0.1, 0.15) is 0 Å². The average molecular weight is 834 g/mol. The van der Waals surface area contributed by atoms with E-state index in [1.807, 2.05) is 0 Å². The maximum atomic E-state index is 5.24. The van der Waals surface area contributed by atoms with Gasteiger partial charge in [-0.05, 0) is 45.8 Å². The summed E-state index contributed by atoms with van der Waals surface area (Å²) in [5.74, 6) is 0. The Labute approximate surface area is 349 Å². The molecule has 10 aromatic carbocycles. The fourth-order valence-corrected chi connectivity index (χ4v) is 14.1. The molecule has 12 aromatic rings. The molecule has 2 aromatic heterocycles. The van der Waals surface area contributed by atoms with Gasteiger partial charge in [0.2, 0.25) is 0 Å². The van der Waals surface area contributed by atoms with E-state index >= 15 is 0 Å². The van der Waals surface area contributed by atoms with Gasteiger partial charge in [-0.2, -0.15) is 0 Å². The summed E-state index contributed by atoms with van der Waals surface area (Å²) in [7, 11) is 0. The Bertz CT molecular complexity index is 3680. The fraction of sp³-hybridized carbons (Fsp3) is 0. The fourth-order valence-electron chi connectivity index (χ4n) is 9.22. The first-order valence-electron chi connectivity index (χ1n) is 20.0. The molecule has 0 N–H and O–H groups in total. The predicted molar refractivity (Wildman–Crippen MR) is 256 cm³/mol. The summed E-state index contributed by atoms with van der Waals surface area (Å²) in [6.45, 7) is 0. The molecule has 2 heterocycles. The second kappa shape index (κ2) is 13.5. The van der Waals surface area contributed by atoms with E-state index in [2.05, 4.69) is 232 Å². The molecule has 0 aliphatic rings. The van der Waals surface area contributed by atoms with Crippen molar-refractivity contribution in [3.8, 4) is 22.3 Å². The van der Waals surface area contributed by atoms with Crippen molar-refractivity contribution in [2.24, 2.45) is 0 Å². The minimum absolute atomic E-state index is 1.00. The van der Waals surface area contributed by atoms with Crippen LogP contribution in [0.4, 0.5) is 0 Å². The van der Waals surface area contributed by atoms with Gasteiger partial charge < -0.3 is 0 Å². The zero-order chi connectivity index (χ0) is 39.1. The van der Waals surface area contributed by atoms with E-state index in [1.165, 1.54) is 92.2 Å². The monoisotopic (exact) mass is 834 g/mol. The van der Waals surface area contributed by atoms with Gasteiger partial charge in [0.1, 0.15) is 5.65 Å². The van der Waals surface area contributed by atoms with Crippen molar-refractivity contribution in [2.75, 3.05) is 0 Å². The summed E-state index contributed by atoms with van der Waals surface area (Å²) in [5, 5.41) is 15.1. The molecule has 4 heteroatoms. The summed E-state index contributed by atoms with van der Waals surface area (Å²) in [6, 6.07) is 78.1. The van der Waals surface area contributed by atoms with E-state index in [0.717, 1.165) is 16.7 Å². The minimum atomic E-state index is -2.00. The molecule has 12 rings (SSSR count). The molecule has 0 spiro atoms. The number of imidazole rings is 1. The molecule has 0 bridgehead atoms. The molecular formula is C55H35N2PSe. The van der Waals surface area contributed by atoms with Crippen LogP contribution in [-0.2, 0) is 0 Å². The number of fused-ring (bicyclic) bond motifs is 12. The molecule has 276 valence electrons. The van der Waals surface area contributed by atoms with Gasteiger partial charge in [-0.1, -0.05) is 48.5 Å². The van der Waals surface area contributed by atoms with E-state index in [1.54, 1.807) is 0 Å². The molecule has 0 amide bonds. The molecule has 0 fully saturated rings. The van der Waals surface area contributed by atoms with E-state index in [4.69, 9.17) is 4.98 Å². The number of aromatic nitrogens is 2. The van der Waals surface area contributed by atoms with E-state index in [-0.39, 0.29) is 0 Å². The van der Waals surface area contributed by atoms with Crippen molar-refractivity contribution in [3.05, 3.63) is 212 Å². The van der Waals surface area contributed by atoms with Crippen LogP contribution in [0.25, 0.3) is 92.9 Å². The van der Waals surface area contributed by atoms with Gasteiger partial charge in [-0.3, -0.25) is 4.40 Å². The summed E-state index contributed by atoms with van der Waals surface area (Å²) in [6.07, 6.45) is 0. The van der Waals surface area contributed by atoms with Crippen molar-refractivity contribution in [2.45, 2.75) is 0 Å². The predicted octanol–water partition coefficient (Wildman–Crippen LogP) is 13.0. The third-order valence-electron chi connectivity index (χ3n) is 12.2. The van der Waals surface area contributed by atoms with Crippen LogP contribution in [0, 0.1) is 0 Å². The van der Waals surface area contributed by atoms with Crippen molar-refractivity contribution >= 4 is 107 Å². The van der Waals surface area contributed by atoms with Gasteiger partial charge in [0, 0.05) is 10.8 Å². The number of pyridine rings is 1. The molecule has 0 aliphatic carbocycles. The molecule has 0 saturated heterocycles. The third kappa shape index (κ3) is 5.47. The van der Waals surface area contributed by atoms with Gasteiger partial charge in [-0.15, -0.1) is 0 Å². The molecule has 2 nitrogen and oxygen atoms in total. The van der Waals surface area contributed by atoms with Gasteiger partial charge in [0.25, 0.3) is 0 Å². The summed E-state index contributed by atoms with van der Waals surface area (Å²) in [4.78, 5) is 5.24. The Morgan fingerprint density at radius 2 is 0.932 bits per heavy atom. The summed E-state index contributed by atoms with van der Waals surface area (Å²) >= 11 is 3.75. The molecule has 1 unspecified atom stereocenters. The number of rotatable bonds is 5. The van der Waals surface area contributed by atoms with Gasteiger partial charge in [0.05, 0.1) is 16.6 Å².